The molecule has 128 valence electrons. The largest absolute Gasteiger partial charge is 0.297 e. The summed E-state index contributed by atoms with van der Waals surface area (Å²) in [5, 5.41) is 11.7. The lowest BCUT2D eigenvalue weighted by molar-refractivity contribution is 0.0755. The summed E-state index contributed by atoms with van der Waals surface area (Å²) in [6.07, 6.45) is 3.46. The average molecular weight is 336 g/mol. The molecule has 1 N–H and O–H groups in total. The minimum atomic E-state index is -0.0563. The monoisotopic (exact) mass is 336 g/mol. The Morgan fingerprint density at radius 1 is 1.20 bits per heavy atom. The number of rotatable bonds is 5. The summed E-state index contributed by atoms with van der Waals surface area (Å²) in [6, 6.07) is 9.21. The quantitative estimate of drug-likeness (QED) is 0.763. The van der Waals surface area contributed by atoms with Crippen LogP contribution in [0.5, 0.6) is 0 Å². The summed E-state index contributed by atoms with van der Waals surface area (Å²) < 4.78 is 1.58. The van der Waals surface area contributed by atoms with Crippen LogP contribution in [0, 0.1) is 12.8 Å². The first kappa shape index (κ1) is 15.7. The third-order valence-corrected chi connectivity index (χ3v) is 4.45. The van der Waals surface area contributed by atoms with Gasteiger partial charge in [-0.2, -0.15) is 10.2 Å². The normalized spacial score (nSPS) is 15.2. The first-order valence-corrected chi connectivity index (χ1v) is 8.39. The molecule has 0 unspecified atom stereocenters. The van der Waals surface area contributed by atoms with E-state index in [0.29, 0.717) is 12.5 Å². The van der Waals surface area contributed by atoms with Crippen molar-refractivity contribution in [1.82, 2.24) is 29.9 Å². The van der Waals surface area contributed by atoms with Crippen LogP contribution >= 0.6 is 0 Å². The van der Waals surface area contributed by atoms with Gasteiger partial charge in [0.25, 0.3) is 5.56 Å². The first-order valence-electron chi connectivity index (χ1n) is 8.39. The lowest BCUT2D eigenvalue weighted by atomic mass is 10.00. The second-order valence-electron chi connectivity index (χ2n) is 6.58. The Morgan fingerprint density at radius 3 is 2.72 bits per heavy atom. The number of aromatic nitrogens is 5. The predicted octanol–water partition coefficient (Wildman–Crippen LogP) is 1.47. The molecule has 0 bridgehead atoms. The number of nitrogens with one attached hydrogen (secondary N) is 1. The van der Waals surface area contributed by atoms with E-state index in [1.807, 2.05) is 19.1 Å². The summed E-state index contributed by atoms with van der Waals surface area (Å²) in [7, 11) is 0. The van der Waals surface area contributed by atoms with Gasteiger partial charge in [-0.25, -0.2) is 4.68 Å². The third-order valence-electron chi connectivity index (χ3n) is 4.45. The molecule has 0 amide bonds. The molecule has 4 rings (SSSR count). The van der Waals surface area contributed by atoms with E-state index >= 15 is 0 Å². The molecule has 1 aliphatic heterocycles. The summed E-state index contributed by atoms with van der Waals surface area (Å²) in [5.41, 5.74) is 3.85. The van der Waals surface area contributed by atoms with Crippen LogP contribution in [-0.2, 0) is 13.1 Å². The number of nitrogens with zero attached hydrogens (tertiary/aromatic N) is 5. The molecular formula is C18H20N6O. The molecule has 0 spiro atoms. The molecule has 7 nitrogen and oxygen atoms in total. The van der Waals surface area contributed by atoms with Gasteiger partial charge in [0.1, 0.15) is 0 Å². The van der Waals surface area contributed by atoms with E-state index in [1.165, 1.54) is 0 Å². The van der Waals surface area contributed by atoms with E-state index in [-0.39, 0.29) is 5.56 Å². The van der Waals surface area contributed by atoms with E-state index in [2.05, 4.69) is 31.2 Å². The zero-order chi connectivity index (χ0) is 17.2. The Labute approximate surface area is 145 Å². The van der Waals surface area contributed by atoms with Gasteiger partial charge in [0, 0.05) is 55.3 Å². The Balaban J connectivity index is 1.39. The highest BCUT2D eigenvalue weighted by Crippen LogP contribution is 2.20. The standard InChI is InChI=1S/C18H20N6O/c1-13-8-16(21-20-13)12-23-9-14(10-23)11-24-18(25)3-2-17(22-24)15-4-6-19-7-5-15/h2-8,14H,9-12H2,1H3,(H,20,21). The van der Waals surface area contributed by atoms with Crippen LogP contribution in [0.25, 0.3) is 11.3 Å². The van der Waals surface area contributed by atoms with Crippen molar-refractivity contribution in [2.45, 2.75) is 20.0 Å². The van der Waals surface area contributed by atoms with Crippen molar-refractivity contribution >= 4 is 0 Å². The van der Waals surface area contributed by atoms with Crippen molar-refractivity contribution in [1.29, 1.82) is 0 Å². The molecule has 0 saturated carbocycles. The van der Waals surface area contributed by atoms with Crippen molar-refractivity contribution in [2.24, 2.45) is 5.92 Å². The topological polar surface area (TPSA) is 79.7 Å². The smallest absolute Gasteiger partial charge is 0.266 e. The first-order chi connectivity index (χ1) is 12.2. The van der Waals surface area contributed by atoms with Crippen molar-refractivity contribution in [3.8, 4) is 11.3 Å². The lowest BCUT2D eigenvalue weighted by Gasteiger charge is -2.38. The molecule has 1 fully saturated rings. The van der Waals surface area contributed by atoms with Crippen molar-refractivity contribution in [3.63, 3.8) is 0 Å². The molecule has 25 heavy (non-hydrogen) atoms. The van der Waals surface area contributed by atoms with Gasteiger partial charge < -0.3 is 0 Å². The van der Waals surface area contributed by atoms with Crippen molar-refractivity contribution < 1.29 is 0 Å². The average Bonchev–Trinajstić information content (AvgIpc) is 3.00. The molecule has 0 radical (unpaired) electrons. The summed E-state index contributed by atoms with van der Waals surface area (Å²) in [5.74, 6) is 0.443. The van der Waals surface area contributed by atoms with Gasteiger partial charge >= 0.3 is 0 Å². The number of aromatic amines is 1. The highest BCUT2D eigenvalue weighted by Gasteiger charge is 2.28. The van der Waals surface area contributed by atoms with Gasteiger partial charge in [0.2, 0.25) is 0 Å². The Hall–Kier alpha value is -2.80. The molecule has 1 saturated heterocycles. The van der Waals surface area contributed by atoms with Crippen LogP contribution < -0.4 is 5.56 Å². The fourth-order valence-corrected chi connectivity index (χ4v) is 3.21. The van der Waals surface area contributed by atoms with Crippen molar-refractivity contribution in [2.75, 3.05) is 13.1 Å². The minimum Gasteiger partial charge on any atom is -0.297 e. The van der Waals surface area contributed by atoms with Gasteiger partial charge in [-0.15, -0.1) is 0 Å². The highest BCUT2D eigenvalue weighted by molar-refractivity contribution is 5.56. The summed E-state index contributed by atoms with van der Waals surface area (Å²) >= 11 is 0. The number of aryl methyl sites for hydroxylation is 1. The molecule has 1 aliphatic rings. The maximum absolute atomic E-state index is 12.1. The molecule has 3 aromatic heterocycles. The van der Waals surface area contributed by atoms with Crippen LogP contribution in [0.2, 0.25) is 0 Å². The fraction of sp³-hybridized carbons (Fsp3) is 0.333. The van der Waals surface area contributed by atoms with E-state index in [0.717, 1.165) is 42.3 Å². The SMILES string of the molecule is Cc1cc(CN2CC(Cn3nc(-c4ccncc4)ccc3=O)C2)n[nH]1. The van der Waals surface area contributed by atoms with Gasteiger partial charge in [0.15, 0.2) is 0 Å². The lowest BCUT2D eigenvalue weighted by Crippen LogP contribution is -2.48. The second kappa shape index (κ2) is 6.60. The number of hydrogen-bond acceptors (Lipinski definition) is 5. The zero-order valence-electron chi connectivity index (χ0n) is 14.1. The molecule has 0 aromatic carbocycles. The molecule has 3 aromatic rings. The number of hydrogen-bond donors (Lipinski definition) is 1. The predicted molar refractivity (Wildman–Crippen MR) is 93.8 cm³/mol. The van der Waals surface area contributed by atoms with E-state index < -0.39 is 0 Å². The number of likely N-dealkylation sites (tertiary alicyclic amines) is 1. The Bertz CT molecular complexity index is 911. The van der Waals surface area contributed by atoms with Crippen molar-refractivity contribution in [3.05, 3.63) is 64.5 Å². The molecule has 0 atom stereocenters. The maximum atomic E-state index is 12.1. The Morgan fingerprint density at radius 2 is 2.00 bits per heavy atom. The van der Waals surface area contributed by atoms with E-state index in [9.17, 15) is 4.79 Å². The van der Waals surface area contributed by atoms with Gasteiger partial charge in [-0.1, -0.05) is 0 Å². The number of H-pyrrole nitrogens is 1. The van der Waals surface area contributed by atoms with Gasteiger partial charge in [-0.05, 0) is 31.2 Å². The summed E-state index contributed by atoms with van der Waals surface area (Å²) in [6.45, 7) is 5.41. The fourth-order valence-electron chi connectivity index (χ4n) is 3.21. The molecule has 4 heterocycles. The van der Waals surface area contributed by atoms with E-state index in [4.69, 9.17) is 0 Å². The van der Waals surface area contributed by atoms with E-state index in [1.54, 1.807) is 29.2 Å². The minimum absolute atomic E-state index is 0.0563. The van der Waals surface area contributed by atoms with Gasteiger partial charge in [-0.3, -0.25) is 19.8 Å². The van der Waals surface area contributed by atoms with Crippen LogP contribution in [0.15, 0.2) is 47.5 Å². The Kier molecular flexibility index (Phi) is 4.15. The molecule has 0 aliphatic carbocycles. The van der Waals surface area contributed by atoms with Crippen LogP contribution in [0.3, 0.4) is 0 Å². The van der Waals surface area contributed by atoms with Crippen LogP contribution in [-0.4, -0.2) is 43.0 Å². The maximum Gasteiger partial charge on any atom is 0.266 e. The summed E-state index contributed by atoms with van der Waals surface area (Å²) in [4.78, 5) is 18.5. The third kappa shape index (κ3) is 3.51. The molecule has 7 heteroatoms. The van der Waals surface area contributed by atoms with Crippen LogP contribution in [0.1, 0.15) is 11.4 Å². The number of pyridine rings is 1. The molecular weight excluding hydrogens is 316 g/mol. The second-order valence-corrected chi connectivity index (χ2v) is 6.58. The highest BCUT2D eigenvalue weighted by atomic mass is 16.1. The zero-order valence-corrected chi connectivity index (χ0v) is 14.1. The van der Waals surface area contributed by atoms with Gasteiger partial charge in [0.05, 0.1) is 17.9 Å². The van der Waals surface area contributed by atoms with Crippen LogP contribution in [0.4, 0.5) is 0 Å².